The first-order chi connectivity index (χ1) is 7.99. The zero-order valence-electron chi connectivity index (χ0n) is 10.7. The largest absolute Gasteiger partial charge is 0.545 e. The van der Waals surface area contributed by atoms with Crippen molar-refractivity contribution in [2.24, 2.45) is 29.1 Å². The first-order valence-corrected chi connectivity index (χ1v) is 6.90. The van der Waals surface area contributed by atoms with Gasteiger partial charge in [-0.05, 0) is 73.7 Å². The highest BCUT2D eigenvalue weighted by Gasteiger charge is 2.53. The molecule has 0 aromatic carbocycles. The molecule has 4 bridgehead atoms. The van der Waals surface area contributed by atoms with Crippen LogP contribution in [0, 0.1) is 29.1 Å². The van der Waals surface area contributed by atoms with Gasteiger partial charge in [0, 0.05) is 0 Å². The summed E-state index contributed by atoms with van der Waals surface area (Å²) in [6.45, 7) is 3.97. The number of carboxylic acids is 1. The Hall–Kier alpha value is -0.790. The molecule has 4 rings (SSSR count). The van der Waals surface area contributed by atoms with Crippen LogP contribution in [0.2, 0.25) is 0 Å². The number of allylic oxidation sites excluding steroid dienone is 1. The van der Waals surface area contributed by atoms with E-state index in [1.807, 2.05) is 6.08 Å². The van der Waals surface area contributed by atoms with Gasteiger partial charge in [0.05, 0.1) is 5.97 Å². The van der Waals surface area contributed by atoms with Crippen LogP contribution in [0.15, 0.2) is 11.6 Å². The minimum atomic E-state index is -1.000. The first-order valence-electron chi connectivity index (χ1n) is 6.90. The smallest absolute Gasteiger partial charge is 0.0669 e. The van der Waals surface area contributed by atoms with E-state index in [1.54, 1.807) is 6.92 Å². The van der Waals surface area contributed by atoms with Crippen molar-refractivity contribution in [3.8, 4) is 0 Å². The highest BCUT2D eigenvalue weighted by molar-refractivity contribution is 5.84. The van der Waals surface area contributed by atoms with Crippen LogP contribution in [0.1, 0.15) is 46.0 Å². The predicted octanol–water partition coefficient (Wildman–Crippen LogP) is 2.14. The van der Waals surface area contributed by atoms with Crippen LogP contribution in [0.4, 0.5) is 0 Å². The summed E-state index contributed by atoms with van der Waals surface area (Å²) >= 11 is 0. The van der Waals surface area contributed by atoms with Gasteiger partial charge in [-0.1, -0.05) is 13.0 Å². The van der Waals surface area contributed by atoms with E-state index < -0.39 is 5.97 Å². The fourth-order valence-corrected chi connectivity index (χ4v) is 4.96. The molecule has 0 aromatic rings. The summed E-state index contributed by atoms with van der Waals surface area (Å²) in [7, 11) is 0. The maximum Gasteiger partial charge on any atom is 0.0669 e. The molecule has 0 amide bonds. The SMILES string of the molecule is C/C(=C\C1(C)C2CC3CC(C2)CC1C3)C(=O)[O-]. The number of carboxylic acid groups (broad SMARTS) is 1. The molecule has 0 heterocycles. The van der Waals surface area contributed by atoms with Gasteiger partial charge in [0.2, 0.25) is 0 Å². The Balaban J connectivity index is 1.92. The van der Waals surface area contributed by atoms with E-state index >= 15 is 0 Å². The minimum absolute atomic E-state index is 0.123. The molecule has 0 aliphatic heterocycles. The van der Waals surface area contributed by atoms with E-state index in [2.05, 4.69) is 6.92 Å². The van der Waals surface area contributed by atoms with Crippen molar-refractivity contribution >= 4 is 5.97 Å². The van der Waals surface area contributed by atoms with Crippen molar-refractivity contribution in [3.05, 3.63) is 11.6 Å². The molecule has 94 valence electrons. The standard InChI is InChI=1S/C15H22O2/c1-9(14(16)17)8-15(2)12-4-10-3-11(6-12)7-13(15)5-10/h8,10-13H,3-7H2,1-2H3,(H,16,17)/p-1/b9-8+. The third kappa shape index (κ3) is 1.64. The van der Waals surface area contributed by atoms with Crippen molar-refractivity contribution in [1.29, 1.82) is 0 Å². The van der Waals surface area contributed by atoms with Crippen molar-refractivity contribution in [2.45, 2.75) is 46.0 Å². The molecule has 0 unspecified atom stereocenters. The Bertz CT molecular complexity index is 352. The summed E-state index contributed by atoms with van der Waals surface area (Å²) in [5, 5.41) is 10.9. The number of rotatable bonds is 2. The average molecular weight is 233 g/mol. The number of hydrogen-bond donors (Lipinski definition) is 0. The molecule has 4 fully saturated rings. The van der Waals surface area contributed by atoms with Gasteiger partial charge in [0.1, 0.15) is 0 Å². The van der Waals surface area contributed by atoms with Crippen molar-refractivity contribution in [3.63, 3.8) is 0 Å². The van der Waals surface area contributed by atoms with Gasteiger partial charge < -0.3 is 9.90 Å². The lowest BCUT2D eigenvalue weighted by molar-refractivity contribution is -0.299. The lowest BCUT2D eigenvalue weighted by Crippen LogP contribution is -2.50. The average Bonchev–Trinajstić information content (AvgIpc) is 2.25. The number of aliphatic carboxylic acids is 1. The molecule has 0 aromatic heterocycles. The molecule has 2 nitrogen and oxygen atoms in total. The second-order valence-corrected chi connectivity index (χ2v) is 6.79. The fraction of sp³-hybridized carbons (Fsp3) is 0.800. The van der Waals surface area contributed by atoms with E-state index in [0.29, 0.717) is 17.4 Å². The van der Waals surface area contributed by atoms with Gasteiger partial charge in [-0.15, -0.1) is 0 Å². The fourth-order valence-electron chi connectivity index (χ4n) is 4.96. The van der Waals surface area contributed by atoms with Gasteiger partial charge in [-0.3, -0.25) is 0 Å². The van der Waals surface area contributed by atoms with E-state index in [9.17, 15) is 9.90 Å². The third-order valence-electron chi connectivity index (χ3n) is 5.75. The molecule has 0 saturated heterocycles. The van der Waals surface area contributed by atoms with Crippen LogP contribution in [0.25, 0.3) is 0 Å². The topological polar surface area (TPSA) is 40.1 Å². The summed E-state index contributed by atoms with van der Waals surface area (Å²) in [4.78, 5) is 10.9. The van der Waals surface area contributed by atoms with Crippen LogP contribution >= 0.6 is 0 Å². The monoisotopic (exact) mass is 233 g/mol. The van der Waals surface area contributed by atoms with Crippen LogP contribution in [-0.2, 0) is 4.79 Å². The summed E-state index contributed by atoms with van der Waals surface area (Å²) < 4.78 is 0. The van der Waals surface area contributed by atoms with Crippen LogP contribution < -0.4 is 5.11 Å². The molecule has 0 atom stereocenters. The molecule has 0 radical (unpaired) electrons. The molecule has 4 aliphatic rings. The Morgan fingerprint density at radius 1 is 1.12 bits per heavy atom. The molecule has 17 heavy (non-hydrogen) atoms. The van der Waals surface area contributed by atoms with Gasteiger partial charge in [0.25, 0.3) is 0 Å². The first kappa shape index (κ1) is 11.3. The number of carbonyl (C=O) groups excluding carboxylic acids is 1. The van der Waals surface area contributed by atoms with Crippen LogP contribution in [0.3, 0.4) is 0 Å². The maximum absolute atomic E-state index is 10.9. The predicted molar refractivity (Wildman–Crippen MR) is 63.9 cm³/mol. The van der Waals surface area contributed by atoms with Crippen LogP contribution in [0.5, 0.6) is 0 Å². The second-order valence-electron chi connectivity index (χ2n) is 6.79. The van der Waals surface area contributed by atoms with E-state index in [1.165, 1.54) is 32.1 Å². The van der Waals surface area contributed by atoms with Gasteiger partial charge in [0.15, 0.2) is 0 Å². The Labute approximate surface area is 103 Å². The summed E-state index contributed by atoms with van der Waals surface area (Å²) in [6, 6.07) is 0. The Morgan fingerprint density at radius 3 is 2.00 bits per heavy atom. The highest BCUT2D eigenvalue weighted by Crippen LogP contribution is 2.62. The zero-order chi connectivity index (χ0) is 12.2. The zero-order valence-corrected chi connectivity index (χ0v) is 10.7. The summed E-state index contributed by atoms with van der Waals surface area (Å²) in [5.41, 5.74) is 0.553. The van der Waals surface area contributed by atoms with E-state index in [-0.39, 0.29) is 5.41 Å². The third-order valence-corrected chi connectivity index (χ3v) is 5.75. The van der Waals surface area contributed by atoms with Gasteiger partial charge in [-0.2, -0.15) is 0 Å². The molecule has 4 saturated carbocycles. The normalized spacial score (nSPS) is 48.5. The molecule has 0 spiro atoms. The maximum atomic E-state index is 10.9. The van der Waals surface area contributed by atoms with Crippen molar-refractivity contribution in [1.82, 2.24) is 0 Å². The second kappa shape index (κ2) is 3.60. The lowest BCUT2D eigenvalue weighted by atomic mass is 9.46. The van der Waals surface area contributed by atoms with Gasteiger partial charge >= 0.3 is 0 Å². The van der Waals surface area contributed by atoms with E-state index in [0.717, 1.165) is 11.8 Å². The van der Waals surface area contributed by atoms with Gasteiger partial charge in [-0.25, -0.2) is 0 Å². The van der Waals surface area contributed by atoms with Crippen LogP contribution in [-0.4, -0.2) is 5.97 Å². The lowest BCUT2D eigenvalue weighted by Gasteiger charge is -2.59. The Kier molecular flexibility index (Phi) is 2.39. The van der Waals surface area contributed by atoms with E-state index in [4.69, 9.17) is 0 Å². The van der Waals surface area contributed by atoms with Crippen molar-refractivity contribution < 1.29 is 9.90 Å². The molecular weight excluding hydrogens is 212 g/mol. The summed E-state index contributed by atoms with van der Waals surface area (Å²) in [5.74, 6) is 2.30. The molecule has 2 heteroatoms. The highest BCUT2D eigenvalue weighted by atomic mass is 16.4. The number of carbonyl (C=O) groups is 1. The molecular formula is C15H21O2-. The minimum Gasteiger partial charge on any atom is -0.545 e. The molecule has 0 N–H and O–H groups in total. The van der Waals surface area contributed by atoms with Crippen molar-refractivity contribution in [2.75, 3.05) is 0 Å². The quantitative estimate of drug-likeness (QED) is 0.686. The number of hydrogen-bond acceptors (Lipinski definition) is 2. The molecule has 4 aliphatic carbocycles. The summed E-state index contributed by atoms with van der Waals surface area (Å²) in [6.07, 6.45) is 8.74. The Morgan fingerprint density at radius 2 is 1.59 bits per heavy atom.